The molecule has 68 valence electrons. The molecule has 1 aromatic rings. The number of ether oxygens (including phenoxy) is 1. The van der Waals surface area contributed by atoms with Crippen molar-refractivity contribution in [3.63, 3.8) is 0 Å². The molecule has 1 aromatic heterocycles. The van der Waals surface area contributed by atoms with Crippen molar-refractivity contribution >= 4 is 0 Å². The highest BCUT2D eigenvalue weighted by atomic mass is 16.5. The van der Waals surface area contributed by atoms with Crippen LogP contribution in [0.4, 0.5) is 0 Å². The van der Waals surface area contributed by atoms with E-state index >= 15 is 0 Å². The van der Waals surface area contributed by atoms with Gasteiger partial charge in [-0.25, -0.2) is 0 Å². The van der Waals surface area contributed by atoms with E-state index in [1.54, 1.807) is 6.20 Å². The van der Waals surface area contributed by atoms with Gasteiger partial charge >= 0.3 is 0 Å². The largest absolute Gasteiger partial charge is 0.488 e. The molecular formula is C9H16N2O. The number of aromatic nitrogens is 2. The van der Waals surface area contributed by atoms with Crippen LogP contribution in [-0.2, 0) is 0 Å². The Labute approximate surface area is 73.3 Å². The third-order valence-corrected chi connectivity index (χ3v) is 1.48. The van der Waals surface area contributed by atoms with E-state index in [2.05, 4.69) is 18.9 Å². The third kappa shape index (κ3) is 2.26. The van der Waals surface area contributed by atoms with Crippen LogP contribution in [0.15, 0.2) is 12.4 Å². The first-order valence-electron chi connectivity index (χ1n) is 4.30. The fourth-order valence-electron chi connectivity index (χ4n) is 0.936. The molecule has 1 rings (SSSR count). The van der Waals surface area contributed by atoms with E-state index in [0.29, 0.717) is 6.04 Å². The van der Waals surface area contributed by atoms with Crippen LogP contribution in [0.2, 0.25) is 0 Å². The van der Waals surface area contributed by atoms with Crippen LogP contribution in [0.3, 0.4) is 0 Å². The molecule has 0 saturated carbocycles. The fourth-order valence-corrected chi connectivity index (χ4v) is 0.936. The van der Waals surface area contributed by atoms with Crippen molar-refractivity contribution in [3.8, 4) is 5.75 Å². The molecule has 1 heterocycles. The van der Waals surface area contributed by atoms with Crippen LogP contribution in [0.25, 0.3) is 0 Å². The molecule has 0 atom stereocenters. The molecule has 0 aliphatic heterocycles. The summed E-state index contributed by atoms with van der Waals surface area (Å²) in [6.45, 7) is 8.19. The van der Waals surface area contributed by atoms with Gasteiger partial charge in [0, 0.05) is 6.04 Å². The van der Waals surface area contributed by atoms with Crippen LogP contribution in [0.1, 0.15) is 33.7 Å². The zero-order valence-corrected chi connectivity index (χ0v) is 8.11. The minimum absolute atomic E-state index is 0.217. The second-order valence-corrected chi connectivity index (χ2v) is 3.42. The van der Waals surface area contributed by atoms with E-state index in [0.717, 1.165) is 5.75 Å². The Balaban J connectivity index is 2.64. The average Bonchev–Trinajstić information content (AvgIpc) is 2.34. The highest BCUT2D eigenvalue weighted by Crippen LogP contribution is 2.13. The summed E-state index contributed by atoms with van der Waals surface area (Å²) in [6, 6.07) is 0.398. The second kappa shape index (κ2) is 3.61. The third-order valence-electron chi connectivity index (χ3n) is 1.48. The van der Waals surface area contributed by atoms with E-state index < -0.39 is 0 Å². The number of hydrogen-bond acceptors (Lipinski definition) is 2. The van der Waals surface area contributed by atoms with Gasteiger partial charge in [0.1, 0.15) is 0 Å². The molecule has 0 spiro atoms. The Morgan fingerprint density at radius 2 is 2.00 bits per heavy atom. The van der Waals surface area contributed by atoms with Crippen LogP contribution in [-0.4, -0.2) is 15.9 Å². The standard InChI is InChI=1S/C9H16N2O/c1-7(2)11-6-9(5-10-11)12-8(3)4/h5-8H,1-4H3. The monoisotopic (exact) mass is 168 g/mol. The van der Waals surface area contributed by atoms with Gasteiger partial charge in [0.05, 0.1) is 18.5 Å². The van der Waals surface area contributed by atoms with Gasteiger partial charge in [-0.15, -0.1) is 0 Å². The maximum Gasteiger partial charge on any atom is 0.157 e. The van der Waals surface area contributed by atoms with Gasteiger partial charge in [-0.2, -0.15) is 5.10 Å². The van der Waals surface area contributed by atoms with Gasteiger partial charge in [0.25, 0.3) is 0 Å². The van der Waals surface area contributed by atoms with Crippen LogP contribution < -0.4 is 4.74 Å². The molecule has 0 aliphatic carbocycles. The summed E-state index contributed by atoms with van der Waals surface area (Å²) < 4.78 is 7.35. The molecule has 3 heteroatoms. The maximum atomic E-state index is 5.46. The van der Waals surface area contributed by atoms with E-state index in [4.69, 9.17) is 4.74 Å². The van der Waals surface area contributed by atoms with Crippen molar-refractivity contribution < 1.29 is 4.74 Å². The second-order valence-electron chi connectivity index (χ2n) is 3.42. The Hall–Kier alpha value is -0.990. The minimum atomic E-state index is 0.217. The lowest BCUT2D eigenvalue weighted by molar-refractivity contribution is 0.242. The van der Waals surface area contributed by atoms with Crippen molar-refractivity contribution in [2.45, 2.75) is 39.8 Å². The summed E-state index contributed by atoms with van der Waals surface area (Å²) in [5, 5.41) is 4.16. The zero-order chi connectivity index (χ0) is 9.14. The topological polar surface area (TPSA) is 27.1 Å². The summed E-state index contributed by atoms with van der Waals surface area (Å²) >= 11 is 0. The Bertz CT molecular complexity index is 240. The van der Waals surface area contributed by atoms with Gasteiger partial charge in [0.2, 0.25) is 0 Å². The molecule has 0 aliphatic rings. The SMILES string of the molecule is CC(C)Oc1cnn(C(C)C)c1. The van der Waals surface area contributed by atoms with Crippen molar-refractivity contribution in [1.82, 2.24) is 9.78 Å². The first-order valence-corrected chi connectivity index (χ1v) is 4.30. The normalized spacial score (nSPS) is 11.2. The summed E-state index contributed by atoms with van der Waals surface area (Å²) in [6.07, 6.45) is 3.89. The quantitative estimate of drug-likeness (QED) is 0.692. The summed E-state index contributed by atoms with van der Waals surface area (Å²) in [4.78, 5) is 0. The predicted octanol–water partition coefficient (Wildman–Crippen LogP) is 2.25. The lowest BCUT2D eigenvalue weighted by Gasteiger charge is -2.06. The van der Waals surface area contributed by atoms with Crippen LogP contribution in [0.5, 0.6) is 5.75 Å². The van der Waals surface area contributed by atoms with E-state index in [9.17, 15) is 0 Å². The van der Waals surface area contributed by atoms with Crippen molar-refractivity contribution in [2.75, 3.05) is 0 Å². The summed E-state index contributed by atoms with van der Waals surface area (Å²) in [7, 11) is 0. The highest BCUT2D eigenvalue weighted by Gasteiger charge is 2.03. The van der Waals surface area contributed by atoms with Crippen molar-refractivity contribution in [3.05, 3.63) is 12.4 Å². The molecule has 0 N–H and O–H groups in total. The molecule has 0 bridgehead atoms. The summed E-state index contributed by atoms with van der Waals surface area (Å²) in [5.41, 5.74) is 0. The Morgan fingerprint density at radius 3 is 2.42 bits per heavy atom. The number of nitrogens with zero attached hydrogens (tertiary/aromatic N) is 2. The minimum Gasteiger partial charge on any atom is -0.488 e. The van der Waals surface area contributed by atoms with Gasteiger partial charge < -0.3 is 4.74 Å². The molecule has 0 unspecified atom stereocenters. The fraction of sp³-hybridized carbons (Fsp3) is 0.667. The molecule has 12 heavy (non-hydrogen) atoms. The first kappa shape index (κ1) is 9.10. The lowest BCUT2D eigenvalue weighted by Crippen LogP contribution is -2.05. The van der Waals surface area contributed by atoms with Crippen LogP contribution >= 0.6 is 0 Å². The average molecular weight is 168 g/mol. The highest BCUT2D eigenvalue weighted by molar-refractivity contribution is 5.12. The molecule has 0 saturated heterocycles. The smallest absolute Gasteiger partial charge is 0.157 e. The predicted molar refractivity (Wildman–Crippen MR) is 48.4 cm³/mol. The molecule has 3 nitrogen and oxygen atoms in total. The van der Waals surface area contributed by atoms with Crippen molar-refractivity contribution in [1.29, 1.82) is 0 Å². The van der Waals surface area contributed by atoms with Gasteiger partial charge in [-0.1, -0.05) is 0 Å². The van der Waals surface area contributed by atoms with E-state index in [1.165, 1.54) is 0 Å². The molecule has 0 aromatic carbocycles. The molecule has 0 radical (unpaired) electrons. The van der Waals surface area contributed by atoms with E-state index in [1.807, 2.05) is 24.7 Å². The molecule has 0 fully saturated rings. The van der Waals surface area contributed by atoms with Gasteiger partial charge in [-0.05, 0) is 27.7 Å². The molecular weight excluding hydrogens is 152 g/mol. The lowest BCUT2D eigenvalue weighted by atomic mass is 10.4. The Kier molecular flexibility index (Phi) is 2.74. The number of hydrogen-bond donors (Lipinski definition) is 0. The van der Waals surface area contributed by atoms with Gasteiger partial charge in [0.15, 0.2) is 5.75 Å². The molecule has 0 amide bonds. The zero-order valence-electron chi connectivity index (χ0n) is 8.11. The first-order chi connectivity index (χ1) is 5.59. The van der Waals surface area contributed by atoms with Crippen LogP contribution in [0, 0.1) is 0 Å². The van der Waals surface area contributed by atoms with Crippen molar-refractivity contribution in [2.24, 2.45) is 0 Å². The maximum absolute atomic E-state index is 5.46. The number of rotatable bonds is 3. The summed E-state index contributed by atoms with van der Waals surface area (Å²) in [5.74, 6) is 0.846. The Morgan fingerprint density at radius 1 is 1.33 bits per heavy atom. The van der Waals surface area contributed by atoms with E-state index in [-0.39, 0.29) is 6.10 Å². The van der Waals surface area contributed by atoms with Gasteiger partial charge in [-0.3, -0.25) is 4.68 Å².